The quantitative estimate of drug-likeness (QED) is 0.829. The molecule has 0 atom stereocenters. The van der Waals surface area contributed by atoms with E-state index in [1.165, 1.54) is 5.69 Å². The Morgan fingerprint density at radius 2 is 1.71 bits per heavy atom. The maximum atomic E-state index is 12.6. The third-order valence-electron chi connectivity index (χ3n) is 5.12. The normalized spacial score (nSPS) is 14.8. The van der Waals surface area contributed by atoms with E-state index in [0.29, 0.717) is 24.7 Å². The summed E-state index contributed by atoms with van der Waals surface area (Å²) in [7, 11) is 2.16. The second-order valence-electron chi connectivity index (χ2n) is 7.16. The molecule has 28 heavy (non-hydrogen) atoms. The SMILES string of the molecule is CCN(CC)C(=O)c1cc(C)nc(Nc2ccc(N3CCN(C)CC3)cc2)n1. The number of aryl methyl sites for hydroxylation is 1. The van der Waals surface area contributed by atoms with E-state index in [0.717, 1.165) is 37.6 Å². The fourth-order valence-electron chi connectivity index (χ4n) is 3.36. The minimum atomic E-state index is -0.0658. The fourth-order valence-corrected chi connectivity index (χ4v) is 3.36. The molecule has 1 saturated heterocycles. The molecule has 1 aromatic heterocycles. The standard InChI is InChI=1S/C21H30N6O/c1-5-26(6-2)20(28)19-15-16(3)22-21(24-19)23-17-7-9-18(10-8-17)27-13-11-25(4)12-14-27/h7-10,15H,5-6,11-14H2,1-4H3,(H,22,23,24). The average molecular weight is 383 g/mol. The lowest BCUT2D eigenvalue weighted by atomic mass is 10.2. The molecule has 1 aromatic carbocycles. The van der Waals surface area contributed by atoms with Gasteiger partial charge in [-0.3, -0.25) is 4.79 Å². The number of anilines is 3. The van der Waals surface area contributed by atoms with E-state index in [4.69, 9.17) is 0 Å². The van der Waals surface area contributed by atoms with Crippen molar-refractivity contribution < 1.29 is 4.79 Å². The first kappa shape index (κ1) is 20.1. The van der Waals surface area contributed by atoms with Gasteiger partial charge < -0.3 is 20.0 Å². The van der Waals surface area contributed by atoms with Gasteiger partial charge >= 0.3 is 0 Å². The minimum Gasteiger partial charge on any atom is -0.369 e. The van der Waals surface area contributed by atoms with Crippen molar-refractivity contribution in [3.8, 4) is 0 Å². The number of nitrogens with zero attached hydrogens (tertiary/aromatic N) is 5. The highest BCUT2D eigenvalue weighted by Gasteiger charge is 2.17. The predicted molar refractivity (Wildman–Crippen MR) is 113 cm³/mol. The van der Waals surface area contributed by atoms with Gasteiger partial charge in [-0.05, 0) is 58.2 Å². The van der Waals surface area contributed by atoms with Gasteiger partial charge in [-0.25, -0.2) is 9.97 Å². The maximum absolute atomic E-state index is 12.6. The van der Waals surface area contributed by atoms with Crippen LogP contribution in [0.5, 0.6) is 0 Å². The Morgan fingerprint density at radius 1 is 1.07 bits per heavy atom. The van der Waals surface area contributed by atoms with Crippen molar-refractivity contribution in [1.29, 1.82) is 0 Å². The first-order valence-corrected chi connectivity index (χ1v) is 9.95. The summed E-state index contributed by atoms with van der Waals surface area (Å²) in [6, 6.07) is 10.0. The lowest BCUT2D eigenvalue weighted by Gasteiger charge is -2.34. The van der Waals surface area contributed by atoms with Gasteiger partial charge in [-0.1, -0.05) is 0 Å². The second kappa shape index (κ2) is 9.01. The van der Waals surface area contributed by atoms with Crippen LogP contribution in [0.15, 0.2) is 30.3 Å². The largest absolute Gasteiger partial charge is 0.369 e. The molecule has 2 aromatic rings. The van der Waals surface area contributed by atoms with Crippen LogP contribution in [0.4, 0.5) is 17.3 Å². The van der Waals surface area contributed by atoms with Gasteiger partial charge in [-0.15, -0.1) is 0 Å². The summed E-state index contributed by atoms with van der Waals surface area (Å²) >= 11 is 0. The third-order valence-corrected chi connectivity index (χ3v) is 5.12. The first-order chi connectivity index (χ1) is 13.5. The van der Waals surface area contributed by atoms with E-state index in [9.17, 15) is 4.79 Å². The van der Waals surface area contributed by atoms with Gasteiger partial charge in [0.25, 0.3) is 5.91 Å². The highest BCUT2D eigenvalue weighted by atomic mass is 16.2. The highest BCUT2D eigenvalue weighted by Crippen LogP contribution is 2.21. The van der Waals surface area contributed by atoms with E-state index >= 15 is 0 Å². The van der Waals surface area contributed by atoms with Gasteiger partial charge in [0.2, 0.25) is 5.95 Å². The van der Waals surface area contributed by atoms with Gasteiger partial charge in [0.15, 0.2) is 0 Å². The Bertz CT molecular complexity index is 795. The van der Waals surface area contributed by atoms with Crippen LogP contribution in [0, 0.1) is 6.92 Å². The number of hydrogen-bond donors (Lipinski definition) is 1. The molecule has 0 radical (unpaired) electrons. The topological polar surface area (TPSA) is 64.6 Å². The summed E-state index contributed by atoms with van der Waals surface area (Å²) in [5.74, 6) is 0.381. The molecule has 0 saturated carbocycles. The van der Waals surface area contributed by atoms with Crippen LogP contribution in [0.3, 0.4) is 0 Å². The molecule has 3 rings (SSSR count). The Kier molecular flexibility index (Phi) is 6.46. The fraction of sp³-hybridized carbons (Fsp3) is 0.476. The van der Waals surface area contributed by atoms with Crippen molar-refractivity contribution in [1.82, 2.24) is 19.8 Å². The molecule has 1 amide bonds. The molecule has 1 aliphatic rings. The van der Waals surface area contributed by atoms with Crippen LogP contribution >= 0.6 is 0 Å². The number of carbonyl (C=O) groups excluding carboxylic acids is 1. The molecular weight excluding hydrogens is 352 g/mol. The molecule has 0 bridgehead atoms. The van der Waals surface area contributed by atoms with Crippen molar-refractivity contribution in [2.75, 3.05) is 56.5 Å². The maximum Gasteiger partial charge on any atom is 0.272 e. The number of carbonyl (C=O) groups is 1. The van der Waals surface area contributed by atoms with Crippen molar-refractivity contribution in [2.45, 2.75) is 20.8 Å². The van der Waals surface area contributed by atoms with E-state index in [-0.39, 0.29) is 5.91 Å². The number of likely N-dealkylation sites (N-methyl/N-ethyl adjacent to an activating group) is 1. The number of piperazine rings is 1. The van der Waals surface area contributed by atoms with Crippen LogP contribution in [0.1, 0.15) is 30.0 Å². The Hall–Kier alpha value is -2.67. The third kappa shape index (κ3) is 4.78. The van der Waals surface area contributed by atoms with Gasteiger partial charge in [0.05, 0.1) is 0 Å². The number of amides is 1. The van der Waals surface area contributed by atoms with Crippen LogP contribution in [0.2, 0.25) is 0 Å². The van der Waals surface area contributed by atoms with E-state index in [2.05, 4.69) is 44.3 Å². The monoisotopic (exact) mass is 382 g/mol. The summed E-state index contributed by atoms with van der Waals surface area (Å²) in [6.07, 6.45) is 0. The van der Waals surface area contributed by atoms with Crippen LogP contribution < -0.4 is 10.2 Å². The molecule has 0 aliphatic carbocycles. The van der Waals surface area contributed by atoms with Crippen LogP contribution in [-0.4, -0.2) is 72.0 Å². The summed E-state index contributed by atoms with van der Waals surface area (Å²) in [5.41, 5.74) is 3.32. The van der Waals surface area contributed by atoms with Crippen molar-refractivity contribution in [3.63, 3.8) is 0 Å². The average Bonchev–Trinajstić information content (AvgIpc) is 2.69. The Labute approximate surface area is 167 Å². The molecule has 0 unspecified atom stereocenters. The summed E-state index contributed by atoms with van der Waals surface area (Å²) in [5, 5.41) is 3.23. The van der Waals surface area contributed by atoms with E-state index in [1.54, 1.807) is 11.0 Å². The number of hydrogen-bond acceptors (Lipinski definition) is 6. The molecule has 7 nitrogen and oxygen atoms in total. The zero-order chi connectivity index (χ0) is 20.1. The van der Waals surface area contributed by atoms with Gasteiger partial charge in [0.1, 0.15) is 5.69 Å². The van der Waals surface area contributed by atoms with Crippen molar-refractivity contribution >= 4 is 23.2 Å². The summed E-state index contributed by atoms with van der Waals surface area (Å²) in [6.45, 7) is 11.4. The molecule has 1 fully saturated rings. The number of nitrogens with one attached hydrogen (secondary N) is 1. The number of benzene rings is 1. The van der Waals surface area contributed by atoms with Crippen molar-refractivity contribution in [2.24, 2.45) is 0 Å². The lowest BCUT2D eigenvalue weighted by molar-refractivity contribution is 0.0767. The summed E-state index contributed by atoms with van der Waals surface area (Å²) < 4.78 is 0. The Balaban J connectivity index is 1.72. The second-order valence-corrected chi connectivity index (χ2v) is 7.16. The Morgan fingerprint density at radius 3 is 2.32 bits per heavy atom. The lowest BCUT2D eigenvalue weighted by Crippen LogP contribution is -2.44. The summed E-state index contributed by atoms with van der Waals surface area (Å²) in [4.78, 5) is 28.0. The molecule has 0 spiro atoms. The van der Waals surface area contributed by atoms with Gasteiger partial charge in [0, 0.05) is 56.3 Å². The number of aromatic nitrogens is 2. The zero-order valence-electron chi connectivity index (χ0n) is 17.3. The minimum absolute atomic E-state index is 0.0658. The van der Waals surface area contributed by atoms with Crippen LogP contribution in [-0.2, 0) is 0 Å². The highest BCUT2D eigenvalue weighted by molar-refractivity contribution is 5.92. The predicted octanol–water partition coefficient (Wildman–Crippen LogP) is 2.76. The first-order valence-electron chi connectivity index (χ1n) is 9.95. The van der Waals surface area contributed by atoms with Crippen LogP contribution in [0.25, 0.3) is 0 Å². The molecule has 1 aliphatic heterocycles. The smallest absolute Gasteiger partial charge is 0.272 e. The zero-order valence-corrected chi connectivity index (χ0v) is 17.3. The molecular formula is C21H30N6O. The molecule has 150 valence electrons. The van der Waals surface area contributed by atoms with E-state index < -0.39 is 0 Å². The van der Waals surface area contributed by atoms with Crippen molar-refractivity contribution in [3.05, 3.63) is 41.7 Å². The molecule has 1 N–H and O–H groups in total. The number of rotatable bonds is 6. The van der Waals surface area contributed by atoms with Gasteiger partial charge in [-0.2, -0.15) is 0 Å². The molecule has 7 heteroatoms. The molecule has 2 heterocycles. The van der Waals surface area contributed by atoms with E-state index in [1.807, 2.05) is 32.9 Å².